The molecule has 106 valence electrons. The summed E-state index contributed by atoms with van der Waals surface area (Å²) >= 11 is 15.7. The second kappa shape index (κ2) is 6.78. The molecule has 2 aromatic rings. The number of halogens is 3. The third-order valence-electron chi connectivity index (χ3n) is 2.94. The van der Waals surface area contributed by atoms with E-state index in [4.69, 9.17) is 33.8 Å². The minimum Gasteiger partial charge on any atom is -0.496 e. The molecule has 0 aliphatic rings. The number of benzene rings is 2. The van der Waals surface area contributed by atoms with Gasteiger partial charge in [-0.05, 0) is 35.9 Å². The van der Waals surface area contributed by atoms with Gasteiger partial charge in [0.05, 0.1) is 13.2 Å². The van der Waals surface area contributed by atoms with E-state index < -0.39 is 0 Å². The van der Waals surface area contributed by atoms with Crippen LogP contribution in [0.5, 0.6) is 5.75 Å². The zero-order valence-corrected chi connectivity index (χ0v) is 13.8. The Kier molecular flexibility index (Phi) is 5.29. The molecule has 2 rings (SSSR count). The van der Waals surface area contributed by atoms with Crippen molar-refractivity contribution < 1.29 is 4.74 Å². The van der Waals surface area contributed by atoms with Gasteiger partial charge in [0.15, 0.2) is 0 Å². The van der Waals surface area contributed by atoms with Crippen LogP contribution in [-0.4, -0.2) is 7.11 Å². The van der Waals surface area contributed by atoms with Gasteiger partial charge in [-0.15, -0.1) is 0 Å². The molecule has 0 saturated heterocycles. The molecule has 0 heterocycles. The summed E-state index contributed by atoms with van der Waals surface area (Å²) < 4.78 is 6.32. The normalized spacial score (nSPS) is 12.2. The molecule has 0 saturated carbocycles. The van der Waals surface area contributed by atoms with Crippen LogP contribution in [0.25, 0.3) is 0 Å². The highest BCUT2D eigenvalue weighted by Gasteiger charge is 2.20. The Morgan fingerprint density at radius 3 is 2.55 bits per heavy atom. The third kappa shape index (κ3) is 3.27. The van der Waals surface area contributed by atoms with Crippen LogP contribution in [0.2, 0.25) is 10.0 Å². The van der Waals surface area contributed by atoms with E-state index in [-0.39, 0.29) is 6.04 Å². The van der Waals surface area contributed by atoms with Crippen molar-refractivity contribution in [2.75, 3.05) is 7.11 Å². The Morgan fingerprint density at radius 1 is 1.15 bits per heavy atom. The molecule has 2 aromatic carbocycles. The van der Waals surface area contributed by atoms with Crippen LogP contribution in [0.1, 0.15) is 17.2 Å². The lowest BCUT2D eigenvalue weighted by atomic mass is 9.98. The van der Waals surface area contributed by atoms with Crippen LogP contribution in [0.15, 0.2) is 40.9 Å². The molecule has 0 fully saturated rings. The number of ether oxygens (including phenoxy) is 1. The van der Waals surface area contributed by atoms with E-state index in [2.05, 4.69) is 21.4 Å². The second-order valence-electron chi connectivity index (χ2n) is 4.15. The van der Waals surface area contributed by atoms with Crippen molar-refractivity contribution in [2.45, 2.75) is 6.04 Å². The number of nitrogens with one attached hydrogen (secondary N) is 1. The molecule has 3 nitrogen and oxygen atoms in total. The summed E-state index contributed by atoms with van der Waals surface area (Å²) in [5.74, 6) is 6.41. The first kappa shape index (κ1) is 15.6. The van der Waals surface area contributed by atoms with Crippen molar-refractivity contribution in [3.63, 3.8) is 0 Å². The third-order valence-corrected chi connectivity index (χ3v) is 4.01. The first-order valence-electron chi connectivity index (χ1n) is 5.81. The quantitative estimate of drug-likeness (QED) is 0.618. The fourth-order valence-electron chi connectivity index (χ4n) is 2.01. The Balaban J connectivity index is 2.55. The molecule has 3 N–H and O–H groups in total. The second-order valence-corrected chi connectivity index (χ2v) is 5.91. The number of hydrazine groups is 1. The molecule has 1 atom stereocenters. The van der Waals surface area contributed by atoms with E-state index in [1.807, 2.05) is 18.2 Å². The summed E-state index contributed by atoms with van der Waals surface area (Å²) in [5.41, 5.74) is 4.43. The average molecular weight is 376 g/mol. The van der Waals surface area contributed by atoms with Gasteiger partial charge in [0.1, 0.15) is 5.75 Å². The number of hydrogen-bond donors (Lipinski definition) is 2. The Labute approximate surface area is 136 Å². The van der Waals surface area contributed by atoms with E-state index in [0.29, 0.717) is 15.8 Å². The molecule has 6 heteroatoms. The molecular weight excluding hydrogens is 363 g/mol. The van der Waals surface area contributed by atoms with Crippen molar-refractivity contribution in [1.29, 1.82) is 0 Å². The van der Waals surface area contributed by atoms with Crippen LogP contribution in [0, 0.1) is 0 Å². The van der Waals surface area contributed by atoms with Gasteiger partial charge in [-0.2, -0.15) is 0 Å². The molecule has 0 aromatic heterocycles. The van der Waals surface area contributed by atoms with Crippen molar-refractivity contribution >= 4 is 39.1 Å². The molecule has 0 spiro atoms. The first-order valence-corrected chi connectivity index (χ1v) is 7.36. The predicted molar refractivity (Wildman–Crippen MR) is 86.3 cm³/mol. The van der Waals surface area contributed by atoms with Crippen LogP contribution in [0.4, 0.5) is 0 Å². The Bertz CT molecular complexity index is 622. The zero-order valence-electron chi connectivity index (χ0n) is 10.7. The largest absolute Gasteiger partial charge is 0.496 e. The number of hydrogen-bond acceptors (Lipinski definition) is 3. The lowest BCUT2D eigenvalue weighted by Gasteiger charge is -2.21. The predicted octanol–water partition coefficient (Wildman–Crippen LogP) is 4.32. The van der Waals surface area contributed by atoms with Gasteiger partial charge in [0.25, 0.3) is 0 Å². The first-order chi connectivity index (χ1) is 9.56. The SMILES string of the molecule is COc1cc(Br)ccc1C(NN)c1cc(Cl)ccc1Cl. The fourth-order valence-corrected chi connectivity index (χ4v) is 2.75. The van der Waals surface area contributed by atoms with Crippen LogP contribution < -0.4 is 16.0 Å². The van der Waals surface area contributed by atoms with Gasteiger partial charge in [-0.3, -0.25) is 5.84 Å². The van der Waals surface area contributed by atoms with Crippen LogP contribution >= 0.6 is 39.1 Å². The molecule has 0 aliphatic heterocycles. The van der Waals surface area contributed by atoms with Crippen LogP contribution in [-0.2, 0) is 0 Å². The summed E-state index contributed by atoms with van der Waals surface area (Å²) in [4.78, 5) is 0. The number of methoxy groups -OCH3 is 1. The average Bonchev–Trinajstić information content (AvgIpc) is 2.44. The monoisotopic (exact) mass is 374 g/mol. The smallest absolute Gasteiger partial charge is 0.125 e. The summed E-state index contributed by atoms with van der Waals surface area (Å²) in [6.07, 6.45) is 0. The lowest BCUT2D eigenvalue weighted by Crippen LogP contribution is -2.29. The highest BCUT2D eigenvalue weighted by molar-refractivity contribution is 9.10. The summed E-state index contributed by atoms with van der Waals surface area (Å²) in [5, 5.41) is 1.18. The van der Waals surface area contributed by atoms with Gasteiger partial charge >= 0.3 is 0 Å². The minimum absolute atomic E-state index is 0.316. The Hall–Kier alpha value is -0.780. The van der Waals surface area contributed by atoms with E-state index in [9.17, 15) is 0 Å². The summed E-state index contributed by atoms with van der Waals surface area (Å²) in [6.45, 7) is 0. The highest BCUT2D eigenvalue weighted by atomic mass is 79.9. The lowest BCUT2D eigenvalue weighted by molar-refractivity contribution is 0.404. The topological polar surface area (TPSA) is 47.3 Å². The van der Waals surface area contributed by atoms with Gasteiger partial charge in [0.2, 0.25) is 0 Å². The summed E-state index contributed by atoms with van der Waals surface area (Å²) in [6, 6.07) is 10.7. The number of nitrogens with two attached hydrogens (primary N) is 1. The summed E-state index contributed by atoms with van der Waals surface area (Å²) in [7, 11) is 1.61. The van der Waals surface area contributed by atoms with Crippen molar-refractivity contribution in [3.05, 3.63) is 62.0 Å². The maximum absolute atomic E-state index is 6.24. The molecule has 0 amide bonds. The maximum Gasteiger partial charge on any atom is 0.125 e. The van der Waals surface area contributed by atoms with E-state index in [0.717, 1.165) is 15.6 Å². The zero-order chi connectivity index (χ0) is 14.7. The minimum atomic E-state index is -0.316. The van der Waals surface area contributed by atoms with Gasteiger partial charge in [-0.25, -0.2) is 5.43 Å². The van der Waals surface area contributed by atoms with Crippen molar-refractivity contribution in [1.82, 2.24) is 5.43 Å². The molecule has 0 radical (unpaired) electrons. The standard InChI is InChI=1S/C14H13BrCl2N2O/c1-20-13-6-8(15)2-4-10(13)14(19-18)11-7-9(16)3-5-12(11)17/h2-7,14,19H,18H2,1H3. The van der Waals surface area contributed by atoms with Gasteiger partial charge in [-0.1, -0.05) is 45.2 Å². The molecule has 0 bridgehead atoms. The highest BCUT2D eigenvalue weighted by Crippen LogP contribution is 2.35. The maximum atomic E-state index is 6.24. The molecule has 1 unspecified atom stereocenters. The Morgan fingerprint density at radius 2 is 1.90 bits per heavy atom. The molecular formula is C14H13BrCl2N2O. The fraction of sp³-hybridized carbons (Fsp3) is 0.143. The van der Waals surface area contributed by atoms with Gasteiger partial charge in [0, 0.05) is 20.1 Å². The van der Waals surface area contributed by atoms with E-state index >= 15 is 0 Å². The molecule has 0 aliphatic carbocycles. The van der Waals surface area contributed by atoms with Gasteiger partial charge < -0.3 is 4.74 Å². The van der Waals surface area contributed by atoms with E-state index in [1.54, 1.807) is 25.3 Å². The van der Waals surface area contributed by atoms with Crippen LogP contribution in [0.3, 0.4) is 0 Å². The number of rotatable bonds is 4. The van der Waals surface area contributed by atoms with Crippen molar-refractivity contribution in [2.24, 2.45) is 5.84 Å². The van der Waals surface area contributed by atoms with Crippen molar-refractivity contribution in [3.8, 4) is 5.75 Å². The van der Waals surface area contributed by atoms with E-state index in [1.165, 1.54) is 0 Å². The molecule has 20 heavy (non-hydrogen) atoms.